The molecule has 5 nitrogen and oxygen atoms in total. The van der Waals surface area contributed by atoms with Gasteiger partial charge < -0.3 is 14.6 Å². The molecule has 1 heterocycles. The Bertz CT molecular complexity index is 682. The van der Waals surface area contributed by atoms with Gasteiger partial charge in [-0.2, -0.15) is 0 Å². The van der Waals surface area contributed by atoms with Crippen molar-refractivity contribution in [1.29, 1.82) is 0 Å². The topological polar surface area (TPSA) is 81.2 Å². The smallest absolute Gasteiger partial charge is 0.409 e. The Morgan fingerprint density at radius 1 is 1.38 bits per heavy atom. The maximum atomic E-state index is 11.2. The van der Waals surface area contributed by atoms with E-state index in [0.717, 1.165) is 5.56 Å². The molecule has 6 heteroatoms. The molecule has 1 aromatic heterocycles. The molecule has 0 saturated carbocycles. The molecule has 0 spiro atoms. The summed E-state index contributed by atoms with van der Waals surface area (Å²) in [5.41, 5.74) is 8.07. The van der Waals surface area contributed by atoms with Crippen molar-refractivity contribution in [2.75, 3.05) is 6.54 Å². The van der Waals surface area contributed by atoms with E-state index in [1.165, 1.54) is 0 Å². The number of fused-ring (bicyclic) bond motifs is 1. The number of rotatable bonds is 4. The van der Waals surface area contributed by atoms with Crippen molar-refractivity contribution in [3.63, 3.8) is 0 Å². The normalized spacial score (nSPS) is 14.6. The number of aromatic amines is 1. The highest BCUT2D eigenvalue weighted by atomic mass is 28.4. The van der Waals surface area contributed by atoms with Crippen LogP contribution in [0.4, 0.5) is 0 Å². The summed E-state index contributed by atoms with van der Waals surface area (Å²) in [6.45, 7) is 11.4. The van der Waals surface area contributed by atoms with Gasteiger partial charge in [0.25, 0.3) is 0 Å². The lowest BCUT2D eigenvalue weighted by Crippen LogP contribution is -2.43. The van der Waals surface area contributed by atoms with Crippen LogP contribution in [0.2, 0.25) is 18.1 Å². The zero-order valence-electron chi connectivity index (χ0n) is 13.3. The van der Waals surface area contributed by atoms with Gasteiger partial charge in [-0.15, -0.1) is 0 Å². The highest BCUT2D eigenvalue weighted by Crippen LogP contribution is 2.39. The second-order valence-electron chi connectivity index (χ2n) is 6.87. The maximum absolute atomic E-state index is 11.2. The summed E-state index contributed by atoms with van der Waals surface area (Å²) >= 11 is 0. The van der Waals surface area contributed by atoms with Crippen molar-refractivity contribution in [3.8, 4) is 0 Å². The number of aromatic nitrogens is 1. The standard InChI is InChI=1S/C15H24N2O3Si/c1-15(2,3)21(4,5)20-13(9-16)10-6-7-11-12(8-10)19-14(18)17-11/h6-8,13H,9,16H2,1-5H3,(H,17,18). The molecule has 1 unspecified atom stereocenters. The van der Waals surface area contributed by atoms with E-state index in [9.17, 15) is 4.79 Å². The summed E-state index contributed by atoms with van der Waals surface area (Å²) in [5.74, 6) is -0.447. The van der Waals surface area contributed by atoms with E-state index in [4.69, 9.17) is 14.6 Å². The predicted molar refractivity (Wildman–Crippen MR) is 86.9 cm³/mol. The van der Waals surface area contributed by atoms with Crippen molar-refractivity contribution in [3.05, 3.63) is 34.3 Å². The zero-order valence-corrected chi connectivity index (χ0v) is 14.3. The van der Waals surface area contributed by atoms with Crippen LogP contribution in [0.1, 0.15) is 32.4 Å². The Morgan fingerprint density at radius 2 is 2.05 bits per heavy atom. The van der Waals surface area contributed by atoms with E-state index in [0.29, 0.717) is 17.6 Å². The van der Waals surface area contributed by atoms with Crippen molar-refractivity contribution in [2.24, 2.45) is 5.73 Å². The molecule has 0 aliphatic carbocycles. The van der Waals surface area contributed by atoms with E-state index < -0.39 is 14.1 Å². The number of hydrogen-bond acceptors (Lipinski definition) is 4. The SMILES string of the molecule is CC(C)(C)[Si](C)(C)OC(CN)c1ccc2[nH]c(=O)oc2c1. The van der Waals surface area contributed by atoms with Crippen molar-refractivity contribution >= 4 is 19.4 Å². The third kappa shape index (κ3) is 3.28. The number of H-pyrrole nitrogens is 1. The van der Waals surface area contributed by atoms with Gasteiger partial charge in [0.15, 0.2) is 13.9 Å². The molecular weight excluding hydrogens is 284 g/mol. The first-order chi connectivity index (χ1) is 9.64. The van der Waals surface area contributed by atoms with Gasteiger partial charge in [-0.3, -0.25) is 4.98 Å². The molecule has 1 aromatic carbocycles. The molecular formula is C15H24N2O3Si. The molecule has 0 radical (unpaired) electrons. The molecule has 2 aromatic rings. The van der Waals surface area contributed by atoms with Crippen LogP contribution in [0, 0.1) is 0 Å². The zero-order chi connectivity index (χ0) is 15.8. The van der Waals surface area contributed by atoms with Crippen LogP contribution >= 0.6 is 0 Å². The molecule has 21 heavy (non-hydrogen) atoms. The number of hydrogen-bond donors (Lipinski definition) is 2. The van der Waals surface area contributed by atoms with Gasteiger partial charge in [0.05, 0.1) is 11.6 Å². The quantitative estimate of drug-likeness (QED) is 0.850. The lowest BCUT2D eigenvalue weighted by molar-refractivity contribution is 0.191. The van der Waals surface area contributed by atoms with Crippen LogP contribution in [0.25, 0.3) is 11.1 Å². The minimum atomic E-state index is -1.91. The van der Waals surface area contributed by atoms with E-state index in [1.807, 2.05) is 18.2 Å². The van der Waals surface area contributed by atoms with Crippen LogP contribution in [-0.2, 0) is 4.43 Å². The number of nitrogens with one attached hydrogen (secondary N) is 1. The van der Waals surface area contributed by atoms with Crippen molar-refractivity contribution in [2.45, 2.75) is 45.0 Å². The first-order valence-electron chi connectivity index (χ1n) is 7.15. The van der Waals surface area contributed by atoms with Crippen LogP contribution in [0.15, 0.2) is 27.4 Å². The molecule has 0 saturated heterocycles. The number of oxazole rings is 1. The van der Waals surface area contributed by atoms with E-state index in [1.54, 1.807) is 0 Å². The fraction of sp³-hybridized carbons (Fsp3) is 0.533. The molecule has 0 fully saturated rings. The van der Waals surface area contributed by atoms with Crippen LogP contribution in [-0.4, -0.2) is 19.8 Å². The molecule has 0 amide bonds. The minimum absolute atomic E-state index is 0.116. The summed E-state index contributed by atoms with van der Waals surface area (Å²) in [6.07, 6.45) is -0.185. The van der Waals surface area contributed by atoms with Crippen LogP contribution in [0.5, 0.6) is 0 Å². The second kappa shape index (κ2) is 5.44. The first kappa shape index (κ1) is 16.0. The van der Waals surface area contributed by atoms with Gasteiger partial charge in [-0.25, -0.2) is 4.79 Å². The highest BCUT2D eigenvalue weighted by Gasteiger charge is 2.39. The average molecular weight is 308 g/mol. The third-order valence-corrected chi connectivity index (χ3v) is 8.76. The fourth-order valence-corrected chi connectivity index (χ4v) is 3.24. The summed E-state index contributed by atoms with van der Waals surface area (Å²) in [4.78, 5) is 13.9. The molecule has 0 aliphatic heterocycles. The van der Waals surface area contributed by atoms with E-state index >= 15 is 0 Å². The first-order valence-corrected chi connectivity index (χ1v) is 10.1. The van der Waals surface area contributed by atoms with E-state index in [2.05, 4.69) is 38.8 Å². The van der Waals surface area contributed by atoms with Gasteiger partial charge in [0.1, 0.15) is 0 Å². The average Bonchev–Trinajstić information content (AvgIpc) is 2.73. The lowest BCUT2D eigenvalue weighted by Gasteiger charge is -2.39. The molecule has 0 aliphatic rings. The molecule has 116 valence electrons. The van der Waals surface area contributed by atoms with E-state index in [-0.39, 0.29) is 11.1 Å². The minimum Gasteiger partial charge on any atom is -0.409 e. The Hall–Kier alpha value is -1.37. The molecule has 1 atom stereocenters. The molecule has 2 rings (SSSR count). The maximum Gasteiger partial charge on any atom is 0.417 e. The Kier molecular flexibility index (Phi) is 4.14. The largest absolute Gasteiger partial charge is 0.417 e. The summed E-state index contributed by atoms with van der Waals surface area (Å²) in [7, 11) is -1.91. The van der Waals surface area contributed by atoms with Gasteiger partial charge in [0, 0.05) is 6.54 Å². The summed E-state index contributed by atoms with van der Waals surface area (Å²) in [6, 6.07) is 5.59. The van der Waals surface area contributed by atoms with Crippen molar-refractivity contribution in [1.82, 2.24) is 4.98 Å². The number of nitrogens with two attached hydrogens (primary N) is 1. The Balaban J connectivity index is 2.33. The Labute approximate surface area is 125 Å². The highest BCUT2D eigenvalue weighted by molar-refractivity contribution is 6.74. The second-order valence-corrected chi connectivity index (χ2v) is 11.6. The van der Waals surface area contributed by atoms with Crippen molar-refractivity contribution < 1.29 is 8.84 Å². The predicted octanol–water partition coefficient (Wildman–Crippen LogP) is 3.14. The van der Waals surface area contributed by atoms with Gasteiger partial charge >= 0.3 is 5.76 Å². The lowest BCUT2D eigenvalue weighted by atomic mass is 10.1. The molecule has 0 bridgehead atoms. The number of benzene rings is 1. The summed E-state index contributed by atoms with van der Waals surface area (Å²) in [5, 5.41) is 0.116. The third-order valence-electron chi connectivity index (χ3n) is 4.27. The van der Waals surface area contributed by atoms with Crippen LogP contribution < -0.4 is 11.5 Å². The monoisotopic (exact) mass is 308 g/mol. The summed E-state index contributed by atoms with van der Waals surface area (Å²) < 4.78 is 11.5. The van der Waals surface area contributed by atoms with Crippen LogP contribution in [0.3, 0.4) is 0 Å². The van der Waals surface area contributed by atoms with Gasteiger partial charge in [-0.1, -0.05) is 26.8 Å². The van der Waals surface area contributed by atoms with Gasteiger partial charge in [-0.05, 0) is 35.8 Å². The molecule has 3 N–H and O–H groups in total. The fourth-order valence-electron chi connectivity index (χ4n) is 1.95. The Morgan fingerprint density at radius 3 is 2.62 bits per heavy atom. The van der Waals surface area contributed by atoms with Gasteiger partial charge in [0.2, 0.25) is 0 Å².